The fourth-order valence-electron chi connectivity index (χ4n) is 1.95. The van der Waals surface area contributed by atoms with Gasteiger partial charge in [-0.25, -0.2) is 18.0 Å². The average molecular weight is 369 g/mol. The van der Waals surface area contributed by atoms with Gasteiger partial charge < -0.3 is 10.1 Å². The Hall–Kier alpha value is -2.48. The number of esters is 1. The van der Waals surface area contributed by atoms with Crippen LogP contribution in [0.4, 0.5) is 18.9 Å². The van der Waals surface area contributed by atoms with Gasteiger partial charge >= 0.3 is 5.97 Å². The number of thioether (sulfide) groups is 1. The molecule has 132 valence electrons. The summed E-state index contributed by atoms with van der Waals surface area (Å²) in [4.78, 5) is 24.8. The average Bonchev–Trinajstić information content (AvgIpc) is 2.61. The Bertz CT molecular complexity index is 814. The first-order chi connectivity index (χ1) is 11.8. The van der Waals surface area contributed by atoms with Crippen LogP contribution in [-0.2, 0) is 9.53 Å². The molecule has 0 aliphatic rings. The van der Waals surface area contributed by atoms with E-state index in [9.17, 15) is 22.8 Å². The second-order valence-electron chi connectivity index (χ2n) is 4.96. The quantitative estimate of drug-likeness (QED) is 0.492. The number of carbonyl (C=O) groups is 2. The number of nitrogens with one attached hydrogen (secondary N) is 1. The van der Waals surface area contributed by atoms with Crippen LogP contribution in [-0.4, -0.2) is 24.2 Å². The van der Waals surface area contributed by atoms with E-state index in [2.05, 4.69) is 5.32 Å². The molecule has 0 saturated heterocycles. The van der Waals surface area contributed by atoms with Crippen molar-refractivity contribution in [1.29, 1.82) is 0 Å². The molecule has 8 heteroatoms. The number of amides is 1. The lowest BCUT2D eigenvalue weighted by Crippen LogP contribution is -2.30. The van der Waals surface area contributed by atoms with Crippen molar-refractivity contribution in [1.82, 2.24) is 0 Å². The molecule has 0 bridgehead atoms. The van der Waals surface area contributed by atoms with Crippen molar-refractivity contribution >= 4 is 29.3 Å². The van der Waals surface area contributed by atoms with Gasteiger partial charge in [-0.2, -0.15) is 0 Å². The van der Waals surface area contributed by atoms with Crippen molar-refractivity contribution in [3.05, 3.63) is 59.4 Å². The van der Waals surface area contributed by atoms with Crippen molar-refractivity contribution in [3.8, 4) is 0 Å². The van der Waals surface area contributed by atoms with Gasteiger partial charge in [0.15, 0.2) is 23.6 Å². The smallest absolute Gasteiger partial charge is 0.340 e. The molecule has 0 aliphatic heterocycles. The maximum absolute atomic E-state index is 13.6. The second kappa shape index (κ2) is 8.06. The molecule has 2 aromatic rings. The van der Waals surface area contributed by atoms with Crippen molar-refractivity contribution in [3.63, 3.8) is 0 Å². The first kappa shape index (κ1) is 18.9. The number of ether oxygens (including phenoxy) is 1. The highest BCUT2D eigenvalue weighted by Crippen LogP contribution is 2.22. The maximum atomic E-state index is 13.6. The lowest BCUT2D eigenvalue weighted by molar-refractivity contribution is -0.123. The van der Waals surface area contributed by atoms with Crippen LogP contribution in [0.1, 0.15) is 17.3 Å². The minimum Gasteiger partial charge on any atom is -0.449 e. The fraction of sp³-hybridized carbons (Fsp3) is 0.176. The van der Waals surface area contributed by atoms with Crippen LogP contribution >= 0.6 is 11.8 Å². The molecule has 4 nitrogen and oxygen atoms in total. The Morgan fingerprint density at radius 3 is 2.44 bits per heavy atom. The van der Waals surface area contributed by atoms with Crippen LogP contribution in [0.2, 0.25) is 0 Å². The van der Waals surface area contributed by atoms with Gasteiger partial charge in [0.1, 0.15) is 0 Å². The summed E-state index contributed by atoms with van der Waals surface area (Å²) >= 11 is 1.34. The third kappa shape index (κ3) is 4.33. The molecule has 2 aromatic carbocycles. The van der Waals surface area contributed by atoms with Gasteiger partial charge in [0.25, 0.3) is 5.91 Å². The topological polar surface area (TPSA) is 55.4 Å². The number of anilines is 1. The molecule has 0 saturated carbocycles. The van der Waals surface area contributed by atoms with Gasteiger partial charge in [-0.3, -0.25) is 4.79 Å². The molecular formula is C17H14F3NO3S. The highest BCUT2D eigenvalue weighted by Gasteiger charge is 2.22. The molecule has 1 amide bonds. The largest absolute Gasteiger partial charge is 0.449 e. The lowest BCUT2D eigenvalue weighted by Gasteiger charge is -2.15. The Kier molecular flexibility index (Phi) is 6.08. The lowest BCUT2D eigenvalue weighted by atomic mass is 10.2. The summed E-state index contributed by atoms with van der Waals surface area (Å²) in [6.45, 7) is 1.28. The van der Waals surface area contributed by atoms with Crippen molar-refractivity contribution < 1.29 is 27.5 Å². The van der Waals surface area contributed by atoms with E-state index in [0.29, 0.717) is 11.0 Å². The van der Waals surface area contributed by atoms with Crippen LogP contribution < -0.4 is 5.32 Å². The SMILES string of the molecule is CSc1ccccc1C(=O)O[C@H](C)C(=O)Nc1ccc(F)c(F)c1F. The number of rotatable bonds is 5. The molecule has 0 aromatic heterocycles. The monoisotopic (exact) mass is 369 g/mol. The van der Waals surface area contributed by atoms with E-state index in [0.717, 1.165) is 6.07 Å². The number of hydrogen-bond acceptors (Lipinski definition) is 4. The van der Waals surface area contributed by atoms with Crippen molar-refractivity contribution in [2.75, 3.05) is 11.6 Å². The molecule has 0 radical (unpaired) electrons. The Morgan fingerprint density at radius 2 is 1.76 bits per heavy atom. The first-order valence-corrected chi connectivity index (χ1v) is 8.36. The van der Waals surface area contributed by atoms with Gasteiger partial charge in [-0.05, 0) is 37.4 Å². The summed E-state index contributed by atoms with van der Waals surface area (Å²) in [5, 5.41) is 2.06. The molecule has 0 spiro atoms. The van der Waals surface area contributed by atoms with E-state index in [1.54, 1.807) is 30.5 Å². The molecule has 25 heavy (non-hydrogen) atoms. The third-order valence-corrected chi connectivity index (χ3v) is 4.07. The Labute approximate surface area is 146 Å². The molecule has 2 rings (SSSR count). The zero-order chi connectivity index (χ0) is 18.6. The summed E-state index contributed by atoms with van der Waals surface area (Å²) in [7, 11) is 0. The fourth-order valence-corrected chi connectivity index (χ4v) is 2.53. The zero-order valence-corrected chi connectivity index (χ0v) is 14.1. The van der Waals surface area contributed by atoms with E-state index in [1.807, 2.05) is 0 Å². The van der Waals surface area contributed by atoms with Crippen LogP contribution in [0, 0.1) is 17.5 Å². The van der Waals surface area contributed by atoms with Gasteiger partial charge in [0.2, 0.25) is 0 Å². The van der Waals surface area contributed by atoms with Crippen molar-refractivity contribution in [2.45, 2.75) is 17.9 Å². The van der Waals surface area contributed by atoms with Gasteiger partial charge in [0.05, 0.1) is 11.3 Å². The second-order valence-corrected chi connectivity index (χ2v) is 5.81. The third-order valence-electron chi connectivity index (χ3n) is 3.27. The number of hydrogen-bond donors (Lipinski definition) is 1. The molecule has 1 N–H and O–H groups in total. The molecule has 0 aliphatic carbocycles. The van der Waals surface area contributed by atoms with E-state index in [4.69, 9.17) is 4.74 Å². The van der Waals surface area contributed by atoms with Gasteiger partial charge in [-0.1, -0.05) is 12.1 Å². The summed E-state index contributed by atoms with van der Waals surface area (Å²) < 4.78 is 44.7. The summed E-state index contributed by atoms with van der Waals surface area (Å²) in [5.41, 5.74) is -0.259. The Balaban J connectivity index is 2.08. The van der Waals surface area contributed by atoms with E-state index < -0.39 is 41.1 Å². The zero-order valence-electron chi connectivity index (χ0n) is 13.3. The van der Waals surface area contributed by atoms with Crippen LogP contribution in [0.5, 0.6) is 0 Å². The first-order valence-electron chi connectivity index (χ1n) is 7.13. The molecule has 1 atom stereocenters. The predicted molar refractivity (Wildman–Crippen MR) is 88.0 cm³/mol. The standard InChI is InChI=1S/C17H14F3NO3S/c1-9(24-17(23)10-5-3-4-6-13(10)25-2)16(22)21-12-8-7-11(18)14(19)15(12)20/h3-9H,1-2H3,(H,21,22)/t9-/m1/s1. The number of benzene rings is 2. The summed E-state index contributed by atoms with van der Waals surface area (Å²) in [5.74, 6) is -6.20. The number of halogens is 3. The highest BCUT2D eigenvalue weighted by molar-refractivity contribution is 7.98. The minimum absolute atomic E-state index is 0.286. The summed E-state index contributed by atoms with van der Waals surface area (Å²) in [6, 6.07) is 8.24. The molecular weight excluding hydrogens is 355 g/mol. The predicted octanol–water partition coefficient (Wildman–Crippen LogP) is 4.01. The van der Waals surface area contributed by atoms with Gasteiger partial charge in [-0.15, -0.1) is 11.8 Å². The van der Waals surface area contributed by atoms with E-state index in [-0.39, 0.29) is 5.56 Å². The number of carbonyl (C=O) groups excluding carboxylic acids is 2. The maximum Gasteiger partial charge on any atom is 0.340 e. The van der Waals surface area contributed by atoms with Gasteiger partial charge in [0, 0.05) is 4.90 Å². The minimum atomic E-state index is -1.70. The molecule has 0 heterocycles. The molecule has 0 fully saturated rings. The van der Waals surface area contributed by atoms with E-state index >= 15 is 0 Å². The normalized spacial score (nSPS) is 11.7. The summed E-state index contributed by atoms with van der Waals surface area (Å²) in [6.07, 6.45) is 0.517. The van der Waals surface area contributed by atoms with E-state index in [1.165, 1.54) is 18.7 Å². The Morgan fingerprint density at radius 1 is 1.08 bits per heavy atom. The van der Waals surface area contributed by atoms with Crippen LogP contribution in [0.15, 0.2) is 41.3 Å². The molecule has 0 unspecified atom stereocenters. The highest BCUT2D eigenvalue weighted by atomic mass is 32.2. The van der Waals surface area contributed by atoms with Crippen molar-refractivity contribution in [2.24, 2.45) is 0 Å². The van der Waals surface area contributed by atoms with Crippen LogP contribution in [0.3, 0.4) is 0 Å². The van der Waals surface area contributed by atoms with Crippen LogP contribution in [0.25, 0.3) is 0 Å².